The molecule has 1 heterocycles. The van der Waals surface area contributed by atoms with Crippen LogP contribution in [0.2, 0.25) is 0 Å². The largest absolute Gasteiger partial charge is 0.443 e. The normalized spacial score (nSPS) is 20.7. The lowest BCUT2D eigenvalue weighted by Crippen LogP contribution is -2.57. The van der Waals surface area contributed by atoms with Crippen molar-refractivity contribution < 1.29 is 14.3 Å². The summed E-state index contributed by atoms with van der Waals surface area (Å²) in [6, 6.07) is 0. The molecule has 5 nitrogen and oxygen atoms in total. The number of amides is 2. The first-order valence-corrected chi connectivity index (χ1v) is 6.01. The lowest BCUT2D eigenvalue weighted by atomic mass is 9.90. The fourth-order valence-electron chi connectivity index (χ4n) is 1.60. The highest BCUT2D eigenvalue weighted by Gasteiger charge is 2.37. The summed E-state index contributed by atoms with van der Waals surface area (Å²) in [6.45, 7) is 11.3. The number of carbonyl (C=O) groups is 2. The summed E-state index contributed by atoms with van der Waals surface area (Å²) in [5.41, 5.74) is -0.841. The molecule has 0 aliphatic carbocycles. The van der Waals surface area contributed by atoms with Gasteiger partial charge in [0.2, 0.25) is 5.91 Å². The van der Waals surface area contributed by atoms with E-state index >= 15 is 0 Å². The van der Waals surface area contributed by atoms with Gasteiger partial charge in [0.1, 0.15) is 11.8 Å². The predicted octanol–water partition coefficient (Wildman–Crippen LogP) is 2.24. The summed E-state index contributed by atoms with van der Waals surface area (Å²) >= 11 is 0. The quantitative estimate of drug-likeness (QED) is 0.721. The van der Waals surface area contributed by atoms with Crippen LogP contribution in [0, 0.1) is 5.41 Å². The van der Waals surface area contributed by atoms with E-state index in [2.05, 4.69) is 5.32 Å². The maximum Gasteiger partial charge on any atom is 0.416 e. The van der Waals surface area contributed by atoms with Crippen LogP contribution in [-0.2, 0) is 9.53 Å². The molecule has 2 amide bonds. The van der Waals surface area contributed by atoms with E-state index < -0.39 is 17.9 Å². The van der Waals surface area contributed by atoms with E-state index in [1.165, 1.54) is 17.2 Å². The summed E-state index contributed by atoms with van der Waals surface area (Å²) in [5.74, 6) is -0.199. The van der Waals surface area contributed by atoms with Gasteiger partial charge in [-0.25, -0.2) is 4.79 Å². The van der Waals surface area contributed by atoms with Gasteiger partial charge in [-0.05, 0) is 20.8 Å². The molecule has 0 saturated carbocycles. The smallest absolute Gasteiger partial charge is 0.416 e. The highest BCUT2D eigenvalue weighted by Crippen LogP contribution is 2.26. The second-order valence-corrected chi connectivity index (χ2v) is 6.48. The molecule has 1 unspecified atom stereocenters. The minimum atomic E-state index is -0.561. The second-order valence-electron chi connectivity index (χ2n) is 6.48. The number of nitrogens with zero attached hydrogens (tertiary/aromatic N) is 1. The Bertz CT molecular complexity index is 375. The summed E-state index contributed by atoms with van der Waals surface area (Å²) in [6.07, 6.45) is 1.93. The van der Waals surface area contributed by atoms with Gasteiger partial charge in [0.05, 0.1) is 0 Å². The van der Waals surface area contributed by atoms with Crippen LogP contribution in [0.1, 0.15) is 41.5 Å². The van der Waals surface area contributed by atoms with Crippen LogP contribution in [0.15, 0.2) is 12.3 Å². The highest BCUT2D eigenvalue weighted by atomic mass is 16.6. The number of hydrogen-bond donors (Lipinski definition) is 1. The van der Waals surface area contributed by atoms with Crippen molar-refractivity contribution in [2.24, 2.45) is 5.41 Å². The third kappa shape index (κ3) is 3.75. The average Bonchev–Trinajstić information content (AvgIpc) is 2.13. The lowest BCUT2D eigenvalue weighted by molar-refractivity contribution is -0.120. The van der Waals surface area contributed by atoms with E-state index in [4.69, 9.17) is 4.74 Å². The van der Waals surface area contributed by atoms with E-state index in [0.717, 1.165) is 0 Å². The minimum absolute atomic E-state index is 0.199. The number of nitrogens with one attached hydrogen (secondary N) is 1. The van der Waals surface area contributed by atoms with Gasteiger partial charge in [-0.3, -0.25) is 9.69 Å². The molecule has 0 fully saturated rings. The van der Waals surface area contributed by atoms with Crippen molar-refractivity contribution in [3.05, 3.63) is 12.3 Å². The Morgan fingerprint density at radius 3 is 2.28 bits per heavy atom. The number of rotatable bonds is 0. The molecular weight excluding hydrogens is 232 g/mol. The van der Waals surface area contributed by atoms with Crippen molar-refractivity contribution in [3.8, 4) is 0 Å². The van der Waals surface area contributed by atoms with Crippen LogP contribution in [0.3, 0.4) is 0 Å². The fraction of sp³-hybridized carbons (Fsp3) is 0.692. The van der Waals surface area contributed by atoms with Crippen molar-refractivity contribution in [2.45, 2.75) is 53.3 Å². The Balaban J connectivity index is 2.93. The van der Waals surface area contributed by atoms with E-state index in [0.29, 0.717) is 0 Å². The molecule has 0 aromatic heterocycles. The summed E-state index contributed by atoms with van der Waals surface area (Å²) in [7, 11) is 0. The Labute approximate surface area is 108 Å². The maximum atomic E-state index is 12.1. The Morgan fingerprint density at radius 2 is 1.83 bits per heavy atom. The first-order valence-electron chi connectivity index (χ1n) is 6.01. The molecular formula is C13H22N2O3. The summed E-state index contributed by atoms with van der Waals surface area (Å²) < 4.78 is 5.32. The molecule has 1 aliphatic rings. The molecule has 0 spiro atoms. The third-order valence-electron chi connectivity index (χ3n) is 2.37. The monoisotopic (exact) mass is 254 g/mol. The highest BCUT2D eigenvalue weighted by molar-refractivity contribution is 5.90. The standard InChI is InChI=1S/C13H22N2O3/c1-12(2,3)10-14-9(16)7-8-15(10)11(17)18-13(4,5)6/h7-8,10H,1-6H3,(H,14,16). The first kappa shape index (κ1) is 14.5. The van der Waals surface area contributed by atoms with Gasteiger partial charge >= 0.3 is 6.09 Å². The Hall–Kier alpha value is -1.52. The van der Waals surface area contributed by atoms with E-state index in [-0.39, 0.29) is 11.3 Å². The molecule has 1 rings (SSSR count). The Kier molecular flexibility index (Phi) is 3.74. The minimum Gasteiger partial charge on any atom is -0.443 e. The molecule has 1 atom stereocenters. The molecule has 18 heavy (non-hydrogen) atoms. The van der Waals surface area contributed by atoms with Crippen LogP contribution in [0.5, 0.6) is 0 Å². The molecule has 1 aliphatic heterocycles. The fourth-order valence-corrected chi connectivity index (χ4v) is 1.60. The van der Waals surface area contributed by atoms with Gasteiger partial charge in [-0.1, -0.05) is 20.8 Å². The van der Waals surface area contributed by atoms with Crippen LogP contribution >= 0.6 is 0 Å². The van der Waals surface area contributed by atoms with Gasteiger partial charge in [0.15, 0.2) is 0 Å². The summed E-state index contributed by atoms with van der Waals surface area (Å²) in [5, 5.41) is 2.77. The first-order chi connectivity index (χ1) is 8.00. The van der Waals surface area contributed by atoms with Gasteiger partial charge in [-0.2, -0.15) is 0 Å². The third-order valence-corrected chi connectivity index (χ3v) is 2.37. The van der Waals surface area contributed by atoms with Crippen molar-refractivity contribution in [3.63, 3.8) is 0 Å². The molecule has 0 radical (unpaired) electrons. The predicted molar refractivity (Wildman–Crippen MR) is 68.6 cm³/mol. The lowest BCUT2D eigenvalue weighted by Gasteiger charge is -2.40. The van der Waals surface area contributed by atoms with Crippen LogP contribution < -0.4 is 5.32 Å². The van der Waals surface area contributed by atoms with Gasteiger partial charge in [-0.15, -0.1) is 0 Å². The average molecular weight is 254 g/mol. The molecule has 0 bridgehead atoms. The van der Waals surface area contributed by atoms with Gasteiger partial charge in [0.25, 0.3) is 0 Å². The second kappa shape index (κ2) is 4.63. The topological polar surface area (TPSA) is 58.6 Å². The van der Waals surface area contributed by atoms with Crippen molar-refractivity contribution in [1.82, 2.24) is 10.2 Å². The van der Waals surface area contributed by atoms with Gasteiger partial charge < -0.3 is 10.1 Å². The van der Waals surface area contributed by atoms with E-state index in [1.807, 2.05) is 41.5 Å². The zero-order valence-corrected chi connectivity index (χ0v) is 11.9. The molecule has 5 heteroatoms. The summed E-state index contributed by atoms with van der Waals surface area (Å²) in [4.78, 5) is 24.9. The molecule has 0 saturated heterocycles. The maximum absolute atomic E-state index is 12.1. The molecule has 0 aromatic carbocycles. The number of hydrogen-bond acceptors (Lipinski definition) is 3. The Morgan fingerprint density at radius 1 is 1.28 bits per heavy atom. The van der Waals surface area contributed by atoms with Gasteiger partial charge in [0, 0.05) is 17.7 Å². The SMILES string of the molecule is CC(C)(C)OC(=O)N1C=CC(=O)NC1C(C)(C)C. The molecule has 0 aromatic rings. The van der Waals surface area contributed by atoms with Crippen molar-refractivity contribution in [2.75, 3.05) is 0 Å². The number of ether oxygens (including phenoxy) is 1. The van der Waals surface area contributed by atoms with Crippen LogP contribution in [-0.4, -0.2) is 28.7 Å². The zero-order valence-electron chi connectivity index (χ0n) is 11.9. The van der Waals surface area contributed by atoms with E-state index in [1.54, 1.807) is 0 Å². The van der Waals surface area contributed by atoms with Crippen molar-refractivity contribution in [1.29, 1.82) is 0 Å². The van der Waals surface area contributed by atoms with Crippen LogP contribution in [0.25, 0.3) is 0 Å². The zero-order chi connectivity index (χ0) is 14.1. The van der Waals surface area contributed by atoms with E-state index in [9.17, 15) is 9.59 Å². The number of carbonyl (C=O) groups excluding carboxylic acids is 2. The molecule has 1 N–H and O–H groups in total. The van der Waals surface area contributed by atoms with Crippen molar-refractivity contribution >= 4 is 12.0 Å². The molecule has 102 valence electrons. The van der Waals surface area contributed by atoms with Crippen LogP contribution in [0.4, 0.5) is 4.79 Å².